The minimum Gasteiger partial charge on any atom is -0.389 e. The van der Waals surface area contributed by atoms with Crippen LogP contribution in [0.25, 0.3) is 11.3 Å². The molecule has 5 nitrogen and oxygen atoms in total. The number of nitrogens with zero attached hydrogens (tertiary/aromatic N) is 1. The molecule has 106 valence electrons. The number of hydrogen-bond acceptors (Lipinski definition) is 5. The number of thiazole rings is 1. The number of hydrogen-bond donors (Lipinski definition) is 2. The van der Waals surface area contributed by atoms with Gasteiger partial charge in [0, 0.05) is 12.7 Å². The molecule has 3 N–H and O–H groups in total. The normalized spacial score (nSPS) is 10.6. The van der Waals surface area contributed by atoms with Crippen LogP contribution in [0.3, 0.4) is 0 Å². The summed E-state index contributed by atoms with van der Waals surface area (Å²) in [7, 11) is 1.47. The molecule has 0 saturated carbocycles. The maximum Gasteiger partial charge on any atom is 0.252 e. The third-order valence-corrected chi connectivity index (χ3v) is 3.61. The largest absolute Gasteiger partial charge is 0.389 e. The number of ether oxygens (including phenoxy) is 1. The van der Waals surface area contributed by atoms with Gasteiger partial charge >= 0.3 is 0 Å². The van der Waals surface area contributed by atoms with E-state index in [1.165, 1.54) is 24.0 Å². The second-order valence-corrected chi connectivity index (χ2v) is 5.56. The fourth-order valence-electron chi connectivity index (χ4n) is 1.94. The highest BCUT2D eigenvalue weighted by molar-refractivity contribution is 7.20. The molecule has 1 aromatic heterocycles. The number of amides is 1. The number of carbonyl (C=O) groups excluding carboxylic acids is 1. The third-order valence-electron chi connectivity index (χ3n) is 2.81. The van der Waals surface area contributed by atoms with Gasteiger partial charge in [-0.15, -0.1) is 0 Å². The van der Waals surface area contributed by atoms with E-state index in [1.54, 1.807) is 0 Å². The van der Waals surface area contributed by atoms with Crippen LogP contribution in [-0.4, -0.2) is 24.6 Å². The van der Waals surface area contributed by atoms with Crippen molar-refractivity contribution in [2.24, 2.45) is 0 Å². The van der Waals surface area contributed by atoms with E-state index in [9.17, 15) is 4.79 Å². The SMILES string of the molecule is COCC(=O)Nc1nc(-c2ccc(C)cc2C)c(N)s1. The van der Waals surface area contributed by atoms with Crippen LogP contribution in [0.4, 0.5) is 10.1 Å². The average molecular weight is 291 g/mol. The lowest BCUT2D eigenvalue weighted by Crippen LogP contribution is -2.16. The Balaban J connectivity index is 2.29. The summed E-state index contributed by atoms with van der Waals surface area (Å²) in [6.07, 6.45) is 0. The zero-order valence-corrected chi connectivity index (χ0v) is 12.5. The van der Waals surface area contributed by atoms with Crippen molar-refractivity contribution < 1.29 is 9.53 Å². The van der Waals surface area contributed by atoms with Gasteiger partial charge in [-0.05, 0) is 19.4 Å². The predicted molar refractivity (Wildman–Crippen MR) is 81.9 cm³/mol. The predicted octanol–water partition coefficient (Wildman–Crippen LogP) is 2.59. The summed E-state index contributed by atoms with van der Waals surface area (Å²) >= 11 is 1.26. The van der Waals surface area contributed by atoms with Crippen molar-refractivity contribution >= 4 is 27.4 Å². The average Bonchev–Trinajstić information content (AvgIpc) is 2.70. The van der Waals surface area contributed by atoms with Crippen LogP contribution >= 0.6 is 11.3 Å². The first-order valence-corrected chi connectivity index (χ1v) is 6.95. The van der Waals surface area contributed by atoms with Gasteiger partial charge in [0.1, 0.15) is 17.3 Å². The van der Waals surface area contributed by atoms with Gasteiger partial charge in [-0.3, -0.25) is 10.1 Å². The lowest BCUT2D eigenvalue weighted by Gasteiger charge is -2.04. The molecule has 1 aromatic carbocycles. The third kappa shape index (κ3) is 3.15. The van der Waals surface area contributed by atoms with E-state index in [0.29, 0.717) is 15.8 Å². The summed E-state index contributed by atoms with van der Waals surface area (Å²) in [4.78, 5) is 15.9. The van der Waals surface area contributed by atoms with E-state index in [2.05, 4.69) is 16.4 Å². The highest BCUT2D eigenvalue weighted by Crippen LogP contribution is 2.35. The smallest absolute Gasteiger partial charge is 0.252 e. The minimum absolute atomic E-state index is 0.00161. The van der Waals surface area contributed by atoms with Crippen LogP contribution in [0.1, 0.15) is 11.1 Å². The Morgan fingerprint density at radius 2 is 2.20 bits per heavy atom. The fraction of sp³-hybridized carbons (Fsp3) is 0.286. The van der Waals surface area contributed by atoms with Gasteiger partial charge in [0.15, 0.2) is 5.13 Å². The molecule has 2 aromatic rings. The van der Waals surface area contributed by atoms with Crippen molar-refractivity contribution in [1.82, 2.24) is 4.98 Å². The number of nitrogen functional groups attached to an aromatic ring is 1. The molecular weight excluding hydrogens is 274 g/mol. The molecule has 6 heteroatoms. The molecule has 0 aliphatic heterocycles. The number of nitrogens with one attached hydrogen (secondary N) is 1. The molecule has 0 unspecified atom stereocenters. The molecule has 0 aliphatic carbocycles. The Labute approximate surface area is 121 Å². The van der Waals surface area contributed by atoms with Crippen molar-refractivity contribution in [2.45, 2.75) is 13.8 Å². The summed E-state index contributed by atoms with van der Waals surface area (Å²) < 4.78 is 4.76. The fourth-order valence-corrected chi connectivity index (χ4v) is 2.71. The van der Waals surface area contributed by atoms with Crippen LogP contribution in [-0.2, 0) is 9.53 Å². The number of benzene rings is 1. The highest BCUT2D eigenvalue weighted by atomic mass is 32.1. The molecular formula is C14H17N3O2S. The second kappa shape index (κ2) is 6.02. The Bertz CT molecular complexity index is 637. The molecule has 0 bridgehead atoms. The van der Waals surface area contributed by atoms with Crippen molar-refractivity contribution in [2.75, 3.05) is 24.8 Å². The maximum absolute atomic E-state index is 11.5. The van der Waals surface area contributed by atoms with Gasteiger partial charge in [0.05, 0.1) is 0 Å². The van der Waals surface area contributed by atoms with Gasteiger partial charge in [-0.2, -0.15) is 0 Å². The summed E-state index contributed by atoms with van der Waals surface area (Å²) in [6.45, 7) is 4.06. The van der Waals surface area contributed by atoms with Crippen LogP contribution in [0.5, 0.6) is 0 Å². The van der Waals surface area contributed by atoms with E-state index >= 15 is 0 Å². The Morgan fingerprint density at radius 3 is 2.85 bits per heavy atom. The summed E-state index contributed by atoms with van der Waals surface area (Å²) in [6, 6.07) is 6.10. The van der Waals surface area contributed by atoms with E-state index < -0.39 is 0 Å². The van der Waals surface area contributed by atoms with Crippen LogP contribution in [0, 0.1) is 13.8 Å². The number of rotatable bonds is 4. The summed E-state index contributed by atoms with van der Waals surface area (Å²) in [5.41, 5.74) is 9.99. The maximum atomic E-state index is 11.5. The highest BCUT2D eigenvalue weighted by Gasteiger charge is 2.14. The van der Waals surface area contributed by atoms with Crippen molar-refractivity contribution in [3.8, 4) is 11.3 Å². The number of nitrogens with two attached hydrogens (primary N) is 1. The standard InChI is InChI=1S/C14H17N3O2S/c1-8-4-5-10(9(2)6-8)12-13(15)20-14(17-12)16-11(18)7-19-3/h4-6H,7,15H2,1-3H3,(H,16,17,18). The molecule has 0 aliphatic rings. The first-order valence-electron chi connectivity index (χ1n) is 6.14. The van der Waals surface area contributed by atoms with Gasteiger partial charge in [0.25, 0.3) is 5.91 Å². The number of aryl methyl sites for hydroxylation is 2. The Hall–Kier alpha value is -1.92. The molecule has 1 amide bonds. The van der Waals surface area contributed by atoms with Crippen LogP contribution in [0.15, 0.2) is 18.2 Å². The number of anilines is 2. The molecule has 0 fully saturated rings. The van der Waals surface area contributed by atoms with Gasteiger partial charge in [0.2, 0.25) is 0 Å². The van der Waals surface area contributed by atoms with Gasteiger partial charge < -0.3 is 10.5 Å². The van der Waals surface area contributed by atoms with Crippen molar-refractivity contribution in [1.29, 1.82) is 0 Å². The molecule has 0 spiro atoms. The Kier molecular flexibility index (Phi) is 4.36. The zero-order valence-electron chi connectivity index (χ0n) is 11.7. The molecule has 1 heterocycles. The van der Waals surface area contributed by atoms with Crippen molar-refractivity contribution in [3.63, 3.8) is 0 Å². The lowest BCUT2D eigenvalue weighted by atomic mass is 10.0. The molecule has 0 atom stereocenters. The van der Waals surface area contributed by atoms with Crippen molar-refractivity contribution in [3.05, 3.63) is 29.3 Å². The molecule has 0 saturated heterocycles. The van der Waals surface area contributed by atoms with E-state index in [-0.39, 0.29) is 12.5 Å². The lowest BCUT2D eigenvalue weighted by molar-refractivity contribution is -0.119. The van der Waals surface area contributed by atoms with E-state index in [4.69, 9.17) is 10.5 Å². The topological polar surface area (TPSA) is 77.2 Å². The van der Waals surface area contributed by atoms with E-state index in [0.717, 1.165) is 11.1 Å². The van der Waals surface area contributed by atoms with Gasteiger partial charge in [-0.1, -0.05) is 35.1 Å². The number of carbonyl (C=O) groups is 1. The monoisotopic (exact) mass is 291 g/mol. The van der Waals surface area contributed by atoms with E-state index in [1.807, 2.05) is 26.0 Å². The van der Waals surface area contributed by atoms with Gasteiger partial charge in [-0.25, -0.2) is 4.98 Å². The quantitative estimate of drug-likeness (QED) is 0.907. The first kappa shape index (κ1) is 14.5. The van der Waals surface area contributed by atoms with Crippen LogP contribution < -0.4 is 11.1 Å². The number of aromatic nitrogens is 1. The molecule has 20 heavy (non-hydrogen) atoms. The minimum atomic E-state index is -0.242. The molecule has 0 radical (unpaired) electrons. The first-order chi connectivity index (χ1) is 9.51. The summed E-state index contributed by atoms with van der Waals surface area (Å²) in [5, 5.41) is 3.74. The summed E-state index contributed by atoms with van der Waals surface area (Å²) in [5.74, 6) is -0.242. The molecule has 2 rings (SSSR count). The Morgan fingerprint density at radius 1 is 1.45 bits per heavy atom. The second-order valence-electron chi connectivity index (χ2n) is 4.53. The van der Waals surface area contributed by atoms with Crippen LogP contribution in [0.2, 0.25) is 0 Å². The number of methoxy groups -OCH3 is 1. The zero-order chi connectivity index (χ0) is 14.7.